The Kier molecular flexibility index (Phi) is 5.19. The lowest BCUT2D eigenvalue weighted by Crippen LogP contribution is -2.28. The Morgan fingerprint density at radius 2 is 1.76 bits per heavy atom. The number of piperidine rings is 1. The molecule has 2 aliphatic rings. The summed E-state index contributed by atoms with van der Waals surface area (Å²) in [6.07, 6.45) is 6.16. The Bertz CT molecular complexity index is 968. The molecule has 2 saturated heterocycles. The van der Waals surface area contributed by atoms with Crippen LogP contribution in [0.25, 0.3) is 22.6 Å². The molecule has 0 spiro atoms. The fourth-order valence-corrected chi connectivity index (χ4v) is 4.68. The van der Waals surface area contributed by atoms with Gasteiger partial charge in [0.15, 0.2) is 5.65 Å². The minimum atomic E-state index is 0.776. The number of imidazole rings is 1. The van der Waals surface area contributed by atoms with Crippen molar-refractivity contribution in [1.29, 1.82) is 0 Å². The van der Waals surface area contributed by atoms with E-state index in [0.717, 1.165) is 72.8 Å². The van der Waals surface area contributed by atoms with Gasteiger partial charge in [0.05, 0.1) is 5.69 Å². The van der Waals surface area contributed by atoms with Gasteiger partial charge in [-0.1, -0.05) is 30.3 Å². The van der Waals surface area contributed by atoms with E-state index >= 15 is 0 Å². The average Bonchev–Trinajstić information content (AvgIpc) is 3.42. The van der Waals surface area contributed by atoms with Gasteiger partial charge in [0.2, 0.25) is 5.95 Å². The van der Waals surface area contributed by atoms with E-state index in [1.807, 2.05) is 0 Å². The van der Waals surface area contributed by atoms with Crippen LogP contribution in [0.2, 0.25) is 0 Å². The van der Waals surface area contributed by atoms with Crippen LogP contribution in [0, 0.1) is 12.8 Å². The summed E-state index contributed by atoms with van der Waals surface area (Å²) in [5.74, 6) is 2.67. The van der Waals surface area contributed by atoms with E-state index in [-0.39, 0.29) is 0 Å². The number of anilines is 1. The number of hydrogen-bond donors (Lipinski definition) is 1. The number of rotatable bonds is 5. The van der Waals surface area contributed by atoms with Gasteiger partial charge in [-0.25, -0.2) is 9.97 Å². The molecule has 0 saturated carbocycles. The Balaban J connectivity index is 1.57. The number of aryl methyl sites for hydroxylation is 2. The van der Waals surface area contributed by atoms with E-state index < -0.39 is 0 Å². The van der Waals surface area contributed by atoms with Crippen molar-refractivity contribution in [3.05, 3.63) is 36.0 Å². The summed E-state index contributed by atoms with van der Waals surface area (Å²) in [5, 5.41) is 3.48. The van der Waals surface area contributed by atoms with Gasteiger partial charge in [0.25, 0.3) is 0 Å². The summed E-state index contributed by atoms with van der Waals surface area (Å²) in [4.78, 5) is 17.2. The molecule has 0 bridgehead atoms. The molecular formula is C23H30N6. The zero-order valence-corrected chi connectivity index (χ0v) is 17.3. The van der Waals surface area contributed by atoms with E-state index in [1.54, 1.807) is 0 Å². The molecule has 2 fully saturated rings. The van der Waals surface area contributed by atoms with E-state index in [1.165, 1.54) is 32.1 Å². The molecule has 0 unspecified atom stereocenters. The van der Waals surface area contributed by atoms with Gasteiger partial charge in [-0.2, -0.15) is 4.98 Å². The number of hydrogen-bond acceptors (Lipinski definition) is 5. The SMILES string of the molecule is Cc1nc(N2CCCC2)nc2c1nc(-c1ccccc1)n2CCC1CCNCC1. The van der Waals surface area contributed by atoms with Gasteiger partial charge >= 0.3 is 0 Å². The van der Waals surface area contributed by atoms with Crippen LogP contribution in [0.3, 0.4) is 0 Å². The molecule has 4 heterocycles. The lowest BCUT2D eigenvalue weighted by atomic mass is 9.95. The largest absolute Gasteiger partial charge is 0.341 e. The van der Waals surface area contributed by atoms with Gasteiger partial charge in [-0.05, 0) is 58.0 Å². The zero-order chi connectivity index (χ0) is 19.6. The van der Waals surface area contributed by atoms with Crippen LogP contribution in [-0.4, -0.2) is 45.7 Å². The van der Waals surface area contributed by atoms with E-state index in [2.05, 4.69) is 52.0 Å². The minimum Gasteiger partial charge on any atom is -0.341 e. The van der Waals surface area contributed by atoms with E-state index in [9.17, 15) is 0 Å². The first-order chi connectivity index (χ1) is 14.3. The van der Waals surface area contributed by atoms with Crippen molar-refractivity contribution >= 4 is 17.1 Å². The van der Waals surface area contributed by atoms with Crippen molar-refractivity contribution < 1.29 is 0 Å². The summed E-state index contributed by atoms with van der Waals surface area (Å²) in [7, 11) is 0. The van der Waals surface area contributed by atoms with Crippen LogP contribution in [0.15, 0.2) is 30.3 Å². The van der Waals surface area contributed by atoms with Crippen LogP contribution < -0.4 is 10.2 Å². The Morgan fingerprint density at radius 3 is 2.52 bits per heavy atom. The van der Waals surface area contributed by atoms with Crippen molar-refractivity contribution in [2.45, 2.75) is 45.6 Å². The van der Waals surface area contributed by atoms with Crippen molar-refractivity contribution in [2.75, 3.05) is 31.1 Å². The number of benzene rings is 1. The lowest BCUT2D eigenvalue weighted by molar-refractivity contribution is 0.339. The standard InChI is InChI=1S/C23H30N6/c1-17-20-22(27-23(25-17)28-14-5-6-15-28)29(16-11-18-9-12-24-13-10-18)21(26-20)19-7-3-2-4-8-19/h2-4,7-8,18,24H,5-6,9-16H2,1H3. The molecule has 0 atom stereocenters. The first-order valence-electron chi connectivity index (χ1n) is 11.1. The second kappa shape index (κ2) is 8.11. The zero-order valence-electron chi connectivity index (χ0n) is 17.3. The first kappa shape index (κ1) is 18.6. The summed E-state index contributed by atoms with van der Waals surface area (Å²) in [6.45, 7) is 7.42. The van der Waals surface area contributed by atoms with E-state index in [4.69, 9.17) is 15.0 Å². The molecule has 0 aliphatic carbocycles. The molecule has 3 aromatic rings. The summed E-state index contributed by atoms with van der Waals surface area (Å²) in [5.41, 5.74) is 4.07. The normalized spacial score (nSPS) is 18.0. The number of aromatic nitrogens is 4. The second-order valence-electron chi connectivity index (χ2n) is 8.41. The number of nitrogens with one attached hydrogen (secondary N) is 1. The average molecular weight is 391 g/mol. The molecule has 0 amide bonds. The highest BCUT2D eigenvalue weighted by atomic mass is 15.3. The second-order valence-corrected chi connectivity index (χ2v) is 8.41. The van der Waals surface area contributed by atoms with Crippen molar-refractivity contribution in [3.63, 3.8) is 0 Å². The third-order valence-electron chi connectivity index (χ3n) is 6.40. The highest BCUT2D eigenvalue weighted by Crippen LogP contribution is 2.29. The van der Waals surface area contributed by atoms with Crippen molar-refractivity contribution in [3.8, 4) is 11.4 Å². The molecule has 6 nitrogen and oxygen atoms in total. The number of fused-ring (bicyclic) bond motifs is 1. The molecule has 2 aliphatic heterocycles. The molecule has 5 rings (SSSR count). The van der Waals surface area contributed by atoms with Crippen LogP contribution in [0.1, 0.15) is 37.8 Å². The topological polar surface area (TPSA) is 58.9 Å². The van der Waals surface area contributed by atoms with Crippen LogP contribution in [-0.2, 0) is 6.54 Å². The Morgan fingerprint density at radius 1 is 1.00 bits per heavy atom. The van der Waals surface area contributed by atoms with Crippen molar-refractivity contribution in [1.82, 2.24) is 24.8 Å². The molecule has 1 N–H and O–H groups in total. The third kappa shape index (κ3) is 3.73. The van der Waals surface area contributed by atoms with Gasteiger partial charge in [0.1, 0.15) is 11.3 Å². The quantitative estimate of drug-likeness (QED) is 0.718. The van der Waals surface area contributed by atoms with Crippen molar-refractivity contribution in [2.24, 2.45) is 5.92 Å². The Hall–Kier alpha value is -2.47. The molecule has 1 aromatic carbocycles. The van der Waals surface area contributed by atoms with Crippen LogP contribution in [0.5, 0.6) is 0 Å². The Labute approximate surface area is 172 Å². The summed E-state index contributed by atoms with van der Waals surface area (Å²) < 4.78 is 2.35. The molecule has 6 heteroatoms. The molecule has 0 radical (unpaired) electrons. The maximum atomic E-state index is 5.03. The highest BCUT2D eigenvalue weighted by molar-refractivity contribution is 5.80. The maximum absolute atomic E-state index is 5.03. The third-order valence-corrected chi connectivity index (χ3v) is 6.40. The predicted octanol–water partition coefficient (Wildman–Crippen LogP) is 3.79. The summed E-state index contributed by atoms with van der Waals surface area (Å²) >= 11 is 0. The fraction of sp³-hybridized carbons (Fsp3) is 0.522. The lowest BCUT2D eigenvalue weighted by Gasteiger charge is -2.23. The van der Waals surface area contributed by atoms with Gasteiger partial charge in [0, 0.05) is 25.2 Å². The highest BCUT2D eigenvalue weighted by Gasteiger charge is 2.22. The maximum Gasteiger partial charge on any atom is 0.227 e. The van der Waals surface area contributed by atoms with E-state index in [0.29, 0.717) is 0 Å². The van der Waals surface area contributed by atoms with Gasteiger partial charge in [-0.15, -0.1) is 0 Å². The monoisotopic (exact) mass is 390 g/mol. The van der Waals surface area contributed by atoms with Crippen LogP contribution in [0.4, 0.5) is 5.95 Å². The fourth-order valence-electron chi connectivity index (χ4n) is 4.68. The first-order valence-corrected chi connectivity index (χ1v) is 11.1. The molecular weight excluding hydrogens is 360 g/mol. The van der Waals surface area contributed by atoms with Gasteiger partial charge in [-0.3, -0.25) is 0 Å². The molecule has 29 heavy (non-hydrogen) atoms. The molecule has 2 aromatic heterocycles. The smallest absolute Gasteiger partial charge is 0.227 e. The minimum absolute atomic E-state index is 0.776. The summed E-state index contributed by atoms with van der Waals surface area (Å²) in [6, 6.07) is 10.5. The van der Waals surface area contributed by atoms with Crippen LogP contribution >= 0.6 is 0 Å². The predicted molar refractivity (Wildman–Crippen MR) is 117 cm³/mol. The molecule has 152 valence electrons. The van der Waals surface area contributed by atoms with Gasteiger partial charge < -0.3 is 14.8 Å². The number of nitrogens with zero attached hydrogens (tertiary/aromatic N) is 5.